The largest absolute Gasteiger partial charge is 1.00 e. The zero-order valence-electron chi connectivity index (χ0n) is 15.7. The Hall–Kier alpha value is -1.96. The predicted octanol–water partition coefficient (Wildman–Crippen LogP) is 4.12. The summed E-state index contributed by atoms with van der Waals surface area (Å²) in [6.45, 7) is 0. The molecule has 142 valence electrons. The first-order valence-corrected chi connectivity index (χ1v) is 8.90. The molecule has 0 heterocycles. The van der Waals surface area contributed by atoms with E-state index in [0.29, 0.717) is 5.75 Å². The molecule has 0 radical (unpaired) electrons. The van der Waals surface area contributed by atoms with Gasteiger partial charge in [0.2, 0.25) is 0 Å². The van der Waals surface area contributed by atoms with Crippen molar-refractivity contribution in [2.45, 2.75) is 38.2 Å². The molecule has 0 amide bonds. The Morgan fingerprint density at radius 1 is 0.750 bits per heavy atom. The van der Waals surface area contributed by atoms with Crippen LogP contribution in [-0.4, -0.2) is 6.10 Å². The molecular weight excluding hydrogens is 363 g/mol. The van der Waals surface area contributed by atoms with Crippen molar-refractivity contribution in [2.24, 2.45) is 0 Å². The summed E-state index contributed by atoms with van der Waals surface area (Å²) >= 11 is 0. The molecule has 0 saturated heterocycles. The van der Waals surface area contributed by atoms with E-state index in [1.165, 1.54) is 55.0 Å². The maximum atomic E-state index is 14.3. The summed E-state index contributed by atoms with van der Waals surface area (Å²) in [5.41, 5.74) is -0.377. The molecule has 2 aromatic carbocycles. The first-order valence-electron chi connectivity index (χ1n) is 8.90. The number of rotatable bonds is 5. The third-order valence-corrected chi connectivity index (χ3v) is 4.51. The molecule has 2 aromatic rings. The molecule has 0 N–H and O–H groups in total. The van der Waals surface area contributed by atoms with Gasteiger partial charge in [0.05, 0.1) is 6.10 Å². The topological polar surface area (TPSA) is 9.23 Å². The van der Waals surface area contributed by atoms with E-state index in [1.54, 1.807) is 0 Å². The second kappa shape index (κ2) is 10.5. The van der Waals surface area contributed by atoms with E-state index in [2.05, 4.69) is 6.07 Å². The number of hydrogen-bond acceptors (Lipinski definition) is 1. The van der Waals surface area contributed by atoms with Crippen LogP contribution in [0.15, 0.2) is 60.2 Å². The summed E-state index contributed by atoms with van der Waals surface area (Å²) in [5, 5.41) is 0. The number of halogens is 4. The van der Waals surface area contributed by atoms with Gasteiger partial charge in [0.25, 0.3) is 0 Å². The van der Waals surface area contributed by atoms with Crippen molar-refractivity contribution in [3.05, 3.63) is 77.4 Å². The van der Waals surface area contributed by atoms with Gasteiger partial charge in [-0.3, -0.25) is 0 Å². The summed E-state index contributed by atoms with van der Waals surface area (Å²) < 4.78 is 62.2. The molecule has 3 rings (SSSR count). The summed E-state index contributed by atoms with van der Waals surface area (Å²) in [5.74, 6) is -6.13. The average Bonchev–Trinajstić information content (AvgIpc) is 2.73. The molecule has 1 saturated carbocycles. The van der Waals surface area contributed by atoms with Crippen LogP contribution in [0, 0.1) is 6.07 Å². The molecule has 1 aliphatic rings. The van der Waals surface area contributed by atoms with Gasteiger partial charge in [0, 0.05) is 5.56 Å². The molecule has 1 fully saturated rings. The van der Waals surface area contributed by atoms with Gasteiger partial charge in [-0.2, -0.15) is 30.3 Å². The molecule has 28 heavy (non-hydrogen) atoms. The smallest absolute Gasteiger partial charge is 0.490 e. The molecule has 0 aromatic heterocycles. The molecule has 1 aliphatic carbocycles. The van der Waals surface area contributed by atoms with Crippen molar-refractivity contribution in [1.29, 1.82) is 0 Å². The van der Waals surface area contributed by atoms with Crippen LogP contribution in [0.5, 0.6) is 5.75 Å². The first-order chi connectivity index (χ1) is 13.1. The van der Waals surface area contributed by atoms with E-state index in [9.17, 15) is 17.6 Å². The molecule has 1 nitrogen and oxygen atoms in total. The van der Waals surface area contributed by atoms with Gasteiger partial charge in [0.1, 0.15) is 11.6 Å². The van der Waals surface area contributed by atoms with E-state index in [1.807, 2.05) is 0 Å². The van der Waals surface area contributed by atoms with Crippen molar-refractivity contribution in [3.8, 4) is 5.75 Å². The van der Waals surface area contributed by atoms with Gasteiger partial charge >= 0.3 is 18.9 Å². The SMILES string of the molecule is FC(/C(F)=C(\F)c1ccc(OC2CCCCC2)cc1)=C(/F)c1cc[c-]cc1.[Li+]. The van der Waals surface area contributed by atoms with Crippen LogP contribution in [0.2, 0.25) is 0 Å². The molecule has 0 spiro atoms. The molecule has 0 unspecified atom stereocenters. The number of benzene rings is 2. The maximum Gasteiger partial charge on any atom is 1.00 e. The Labute approximate surface area is 174 Å². The maximum absolute atomic E-state index is 14.3. The second-order valence-corrected chi connectivity index (χ2v) is 6.45. The number of ether oxygens (including phenoxy) is 1. The standard InChI is InChI=1S/C22H19F4O.Li/c23-19(15-7-3-1-4-8-15)21(25)22(26)20(24)16-11-13-18(14-12-16)27-17-9-5-2-6-10-17;/h3-4,7-8,11-14,17H,2,5-6,9-10H2;/q-1;+1/b21-19+,22-20+;. The Balaban J connectivity index is 0.00000280. The van der Waals surface area contributed by atoms with Crippen molar-refractivity contribution in [1.82, 2.24) is 0 Å². The van der Waals surface area contributed by atoms with Crippen LogP contribution in [0.3, 0.4) is 0 Å². The quantitative estimate of drug-likeness (QED) is 0.327. The van der Waals surface area contributed by atoms with Crippen LogP contribution >= 0.6 is 0 Å². The Kier molecular flexibility index (Phi) is 8.41. The summed E-state index contributed by atoms with van der Waals surface area (Å²) in [7, 11) is 0. The summed E-state index contributed by atoms with van der Waals surface area (Å²) in [6, 6.07) is 13.4. The van der Waals surface area contributed by atoms with Crippen LogP contribution in [0.25, 0.3) is 11.7 Å². The Morgan fingerprint density at radius 3 is 1.79 bits per heavy atom. The van der Waals surface area contributed by atoms with Crippen molar-refractivity contribution in [2.75, 3.05) is 0 Å². The fraction of sp³-hybridized carbons (Fsp3) is 0.273. The summed E-state index contributed by atoms with van der Waals surface area (Å²) in [4.78, 5) is 0. The van der Waals surface area contributed by atoms with Gasteiger partial charge in [-0.25, -0.2) is 17.6 Å². The normalized spacial score (nSPS) is 16.6. The second-order valence-electron chi connectivity index (χ2n) is 6.45. The van der Waals surface area contributed by atoms with E-state index in [-0.39, 0.29) is 36.1 Å². The fourth-order valence-electron chi connectivity index (χ4n) is 3.03. The van der Waals surface area contributed by atoms with Gasteiger partial charge in [0.15, 0.2) is 17.5 Å². The first kappa shape index (κ1) is 22.3. The summed E-state index contributed by atoms with van der Waals surface area (Å²) in [6.07, 6.45) is 5.49. The van der Waals surface area contributed by atoms with Gasteiger partial charge in [-0.15, -0.1) is 0 Å². The molecule has 0 atom stereocenters. The zero-order chi connectivity index (χ0) is 19.2. The van der Waals surface area contributed by atoms with E-state index < -0.39 is 23.3 Å². The number of allylic oxidation sites excluding steroid dienone is 2. The van der Waals surface area contributed by atoms with Gasteiger partial charge in [-0.1, -0.05) is 12.0 Å². The molecule has 6 heteroatoms. The third-order valence-electron chi connectivity index (χ3n) is 4.51. The van der Waals surface area contributed by atoms with E-state index in [4.69, 9.17) is 4.74 Å². The third kappa shape index (κ3) is 5.53. The van der Waals surface area contributed by atoms with Crippen molar-refractivity contribution >= 4 is 11.7 Å². The monoisotopic (exact) mass is 382 g/mol. The zero-order valence-corrected chi connectivity index (χ0v) is 15.7. The minimum Gasteiger partial charge on any atom is -0.490 e. The van der Waals surface area contributed by atoms with Crippen LogP contribution in [-0.2, 0) is 0 Å². The van der Waals surface area contributed by atoms with Gasteiger partial charge in [-0.05, 0) is 49.9 Å². The van der Waals surface area contributed by atoms with Crippen LogP contribution in [0.1, 0.15) is 43.2 Å². The van der Waals surface area contributed by atoms with Crippen molar-refractivity contribution in [3.63, 3.8) is 0 Å². The minimum absolute atomic E-state index is 0. The minimum atomic E-state index is -1.87. The Bertz CT molecular complexity index is 825. The number of hydrogen-bond donors (Lipinski definition) is 0. The van der Waals surface area contributed by atoms with E-state index >= 15 is 0 Å². The predicted molar refractivity (Wildman–Crippen MR) is 97.5 cm³/mol. The Morgan fingerprint density at radius 2 is 1.25 bits per heavy atom. The molecule has 0 aliphatic heterocycles. The average molecular weight is 382 g/mol. The van der Waals surface area contributed by atoms with Crippen LogP contribution < -0.4 is 23.6 Å². The molecule has 0 bridgehead atoms. The molecular formula is C22H19F4LiO. The van der Waals surface area contributed by atoms with Gasteiger partial charge < -0.3 is 4.74 Å². The van der Waals surface area contributed by atoms with Crippen LogP contribution in [0.4, 0.5) is 17.6 Å². The fourth-order valence-corrected chi connectivity index (χ4v) is 3.03. The van der Waals surface area contributed by atoms with Crippen molar-refractivity contribution < 1.29 is 41.2 Å². The van der Waals surface area contributed by atoms with E-state index in [0.717, 1.165) is 25.7 Å².